The number of nitrogens with zero attached hydrogens (tertiary/aromatic N) is 6. The van der Waals surface area contributed by atoms with Crippen LogP contribution in [-0.2, 0) is 4.74 Å². The number of carbonyl (C=O) groups excluding carboxylic acids is 1. The van der Waals surface area contributed by atoms with Crippen molar-refractivity contribution in [3.05, 3.63) is 87.7 Å². The molecule has 9 nitrogen and oxygen atoms in total. The Balaban J connectivity index is 1.76. The minimum Gasteiger partial charge on any atom is -0.494 e. The van der Waals surface area contributed by atoms with E-state index >= 15 is 0 Å². The fourth-order valence-electron chi connectivity index (χ4n) is 4.97. The SMILES string of the molecule is COC1=CN(C)C(O)C=C1c1nc2c(n1C(C)C)C(c1ccc(Cl)cc1)N(c1cc(C)nc(C)n1)C2=O. The zero-order chi connectivity index (χ0) is 26.6. The first kappa shape index (κ1) is 25.0. The number of aromatic nitrogens is 4. The second-order valence-electron chi connectivity index (χ2n) is 9.53. The number of imidazole rings is 1. The highest BCUT2D eigenvalue weighted by atomic mass is 35.5. The summed E-state index contributed by atoms with van der Waals surface area (Å²) >= 11 is 6.21. The van der Waals surface area contributed by atoms with Crippen LogP contribution in [0.15, 0.2) is 48.4 Å². The Bertz CT molecular complexity index is 1420. The molecule has 0 spiro atoms. The molecular formula is C27H29ClN6O3. The third kappa shape index (κ3) is 4.18. The van der Waals surface area contributed by atoms with Crippen LogP contribution in [0.1, 0.15) is 65.0 Å². The number of allylic oxidation sites excluding steroid dienone is 1. The Labute approximate surface area is 220 Å². The average Bonchev–Trinajstić information content (AvgIpc) is 3.35. The highest BCUT2D eigenvalue weighted by Crippen LogP contribution is 2.44. The summed E-state index contributed by atoms with van der Waals surface area (Å²) in [7, 11) is 3.33. The van der Waals surface area contributed by atoms with Gasteiger partial charge in [-0.05, 0) is 51.5 Å². The van der Waals surface area contributed by atoms with E-state index in [1.807, 2.05) is 62.6 Å². The van der Waals surface area contributed by atoms with Crippen molar-refractivity contribution < 1.29 is 14.6 Å². The number of aryl methyl sites for hydroxylation is 2. The molecule has 1 N–H and O–H groups in total. The zero-order valence-electron chi connectivity index (χ0n) is 21.6. The molecular weight excluding hydrogens is 492 g/mol. The molecule has 0 fully saturated rings. The van der Waals surface area contributed by atoms with Crippen molar-refractivity contribution in [1.82, 2.24) is 24.4 Å². The summed E-state index contributed by atoms with van der Waals surface area (Å²) in [5, 5.41) is 11.2. The molecule has 2 atom stereocenters. The third-order valence-electron chi connectivity index (χ3n) is 6.57. The number of anilines is 1. The molecule has 2 aliphatic rings. The van der Waals surface area contributed by atoms with Crippen LogP contribution in [0.25, 0.3) is 5.57 Å². The van der Waals surface area contributed by atoms with Crippen molar-refractivity contribution in [3.8, 4) is 0 Å². The third-order valence-corrected chi connectivity index (χ3v) is 6.82. The number of benzene rings is 1. The van der Waals surface area contributed by atoms with E-state index in [0.29, 0.717) is 39.5 Å². The second-order valence-corrected chi connectivity index (χ2v) is 9.97. The molecule has 2 aromatic heterocycles. The van der Waals surface area contributed by atoms with Crippen molar-refractivity contribution in [2.75, 3.05) is 19.1 Å². The molecule has 3 aromatic rings. The normalized spacial score (nSPS) is 19.3. The van der Waals surface area contributed by atoms with Crippen LogP contribution in [0.4, 0.5) is 5.82 Å². The lowest BCUT2D eigenvalue weighted by atomic mass is 10.0. The molecule has 1 aromatic carbocycles. The fourth-order valence-corrected chi connectivity index (χ4v) is 5.09. The number of carbonyl (C=O) groups is 1. The van der Waals surface area contributed by atoms with E-state index in [0.717, 1.165) is 17.0 Å². The van der Waals surface area contributed by atoms with Gasteiger partial charge in [0.2, 0.25) is 0 Å². The lowest BCUT2D eigenvalue weighted by molar-refractivity contribution is 0.0919. The minimum absolute atomic E-state index is 0.0570. The summed E-state index contributed by atoms with van der Waals surface area (Å²) in [6, 6.07) is 8.71. The van der Waals surface area contributed by atoms with Gasteiger partial charge in [0.1, 0.15) is 35.5 Å². The number of hydrogen-bond donors (Lipinski definition) is 1. The van der Waals surface area contributed by atoms with Crippen LogP contribution in [-0.4, -0.2) is 55.8 Å². The van der Waals surface area contributed by atoms with Gasteiger partial charge in [-0.25, -0.2) is 15.0 Å². The topological polar surface area (TPSA) is 96.6 Å². The molecule has 0 aliphatic carbocycles. The first-order chi connectivity index (χ1) is 17.6. The molecule has 10 heteroatoms. The van der Waals surface area contributed by atoms with Crippen LogP contribution >= 0.6 is 11.6 Å². The molecule has 2 unspecified atom stereocenters. The molecule has 1 amide bonds. The van der Waals surface area contributed by atoms with Gasteiger partial charge in [0.05, 0.1) is 18.4 Å². The van der Waals surface area contributed by atoms with Crippen LogP contribution in [0.3, 0.4) is 0 Å². The summed E-state index contributed by atoms with van der Waals surface area (Å²) in [6.07, 6.45) is 2.56. The van der Waals surface area contributed by atoms with Crippen LogP contribution < -0.4 is 4.90 Å². The first-order valence-electron chi connectivity index (χ1n) is 12.0. The smallest absolute Gasteiger partial charge is 0.280 e. The Morgan fingerprint density at radius 1 is 1.11 bits per heavy atom. The van der Waals surface area contributed by atoms with E-state index in [1.165, 1.54) is 0 Å². The highest BCUT2D eigenvalue weighted by molar-refractivity contribution is 6.30. The number of fused-ring (bicyclic) bond motifs is 1. The van der Waals surface area contributed by atoms with Gasteiger partial charge >= 0.3 is 0 Å². The number of aliphatic hydroxyl groups excluding tert-OH is 1. The van der Waals surface area contributed by atoms with E-state index in [9.17, 15) is 9.90 Å². The van der Waals surface area contributed by atoms with Gasteiger partial charge in [-0.2, -0.15) is 0 Å². The van der Waals surface area contributed by atoms with E-state index in [-0.39, 0.29) is 11.9 Å². The minimum atomic E-state index is -0.854. The zero-order valence-corrected chi connectivity index (χ0v) is 22.4. The lowest BCUT2D eigenvalue weighted by Gasteiger charge is -2.30. The number of amides is 1. The number of ether oxygens (including phenoxy) is 1. The van der Waals surface area contributed by atoms with Gasteiger partial charge in [0.15, 0.2) is 5.69 Å². The van der Waals surface area contributed by atoms with E-state index < -0.39 is 12.3 Å². The average molecular weight is 521 g/mol. The van der Waals surface area contributed by atoms with Crippen LogP contribution in [0, 0.1) is 13.8 Å². The van der Waals surface area contributed by atoms with Gasteiger partial charge in [-0.15, -0.1) is 0 Å². The van der Waals surface area contributed by atoms with Crippen LogP contribution in [0.2, 0.25) is 5.02 Å². The number of rotatable bonds is 5. The number of hydrogen-bond acceptors (Lipinski definition) is 7. The molecule has 0 bridgehead atoms. The van der Waals surface area contributed by atoms with E-state index in [1.54, 1.807) is 36.2 Å². The summed E-state index contributed by atoms with van der Waals surface area (Å²) in [5.41, 5.74) is 3.35. The summed E-state index contributed by atoms with van der Waals surface area (Å²) in [5.74, 6) is 1.94. The maximum Gasteiger partial charge on any atom is 0.280 e. The molecule has 4 heterocycles. The number of aliphatic hydroxyl groups is 1. The van der Waals surface area contributed by atoms with Gasteiger partial charge in [-0.3, -0.25) is 9.69 Å². The molecule has 37 heavy (non-hydrogen) atoms. The Hall–Kier alpha value is -3.69. The standard InChI is InChI=1S/C27H29ClN6O3/c1-14(2)33-25-23(31-26(33)19-12-22(35)32(5)13-20(19)37-6)27(36)34(21-11-15(3)29-16(4)30-21)24(25)17-7-9-18(28)10-8-17/h7-14,22,24,35H,1-6H3. The number of likely N-dealkylation sites (N-methyl/N-ethyl adjacent to an activating group) is 1. The van der Waals surface area contributed by atoms with Crippen molar-refractivity contribution in [2.45, 2.75) is 46.0 Å². The summed E-state index contributed by atoms with van der Waals surface area (Å²) < 4.78 is 7.69. The molecule has 2 aliphatic heterocycles. The predicted molar refractivity (Wildman–Crippen MR) is 141 cm³/mol. The Morgan fingerprint density at radius 3 is 2.43 bits per heavy atom. The molecule has 0 radical (unpaired) electrons. The van der Waals surface area contributed by atoms with Gasteiger partial charge < -0.3 is 19.3 Å². The quantitative estimate of drug-likeness (QED) is 0.532. The molecule has 192 valence electrons. The largest absolute Gasteiger partial charge is 0.494 e. The van der Waals surface area contributed by atoms with E-state index in [4.69, 9.17) is 21.3 Å². The number of methoxy groups -OCH3 is 1. The van der Waals surface area contributed by atoms with Gasteiger partial charge in [0.25, 0.3) is 5.91 Å². The summed E-state index contributed by atoms with van der Waals surface area (Å²) in [4.78, 5) is 31.2. The van der Waals surface area contributed by atoms with Gasteiger partial charge in [-0.1, -0.05) is 23.7 Å². The molecule has 5 rings (SSSR count). The number of halogens is 1. The first-order valence-corrected chi connectivity index (χ1v) is 12.4. The van der Waals surface area contributed by atoms with Gasteiger partial charge in [0, 0.05) is 36.1 Å². The fraction of sp³-hybridized carbons (Fsp3) is 0.333. The van der Waals surface area contributed by atoms with Crippen molar-refractivity contribution in [3.63, 3.8) is 0 Å². The maximum atomic E-state index is 14.0. The lowest BCUT2D eigenvalue weighted by Crippen LogP contribution is -2.32. The Morgan fingerprint density at radius 2 is 1.81 bits per heavy atom. The van der Waals surface area contributed by atoms with Crippen molar-refractivity contribution in [2.24, 2.45) is 0 Å². The monoisotopic (exact) mass is 520 g/mol. The van der Waals surface area contributed by atoms with Crippen molar-refractivity contribution >= 4 is 28.9 Å². The Kier molecular flexibility index (Phi) is 6.29. The highest BCUT2D eigenvalue weighted by Gasteiger charge is 2.46. The molecule has 0 saturated heterocycles. The van der Waals surface area contributed by atoms with E-state index in [2.05, 4.69) is 9.97 Å². The maximum absolute atomic E-state index is 14.0. The second kappa shape index (κ2) is 9.32. The summed E-state index contributed by atoms with van der Waals surface area (Å²) in [6.45, 7) is 7.77. The van der Waals surface area contributed by atoms with Crippen molar-refractivity contribution in [1.29, 1.82) is 0 Å². The van der Waals surface area contributed by atoms with Crippen LogP contribution in [0.5, 0.6) is 0 Å². The molecule has 0 saturated carbocycles. The predicted octanol–water partition coefficient (Wildman–Crippen LogP) is 4.41.